The summed E-state index contributed by atoms with van der Waals surface area (Å²) < 4.78 is 33.6. The molecule has 0 spiro atoms. The summed E-state index contributed by atoms with van der Waals surface area (Å²) in [6, 6.07) is 0. The van der Waals surface area contributed by atoms with E-state index in [0.29, 0.717) is 13.0 Å². The van der Waals surface area contributed by atoms with Gasteiger partial charge in [0.15, 0.2) is 0 Å². The molecule has 2 atom stereocenters. The van der Waals surface area contributed by atoms with Crippen molar-refractivity contribution < 1.29 is 32.8 Å². The first-order chi connectivity index (χ1) is 29.9. The maximum Gasteiger partial charge on any atom is 0.472 e. The van der Waals surface area contributed by atoms with E-state index in [9.17, 15) is 14.3 Å². The van der Waals surface area contributed by atoms with Crippen molar-refractivity contribution in [3.05, 3.63) is 36.5 Å². The third kappa shape index (κ3) is 49.6. The molecule has 0 radical (unpaired) electrons. The van der Waals surface area contributed by atoms with Crippen LogP contribution in [-0.2, 0) is 27.9 Å². The Bertz CT molecular complexity index is 1040. The third-order valence-corrected chi connectivity index (χ3v) is 12.3. The Hall–Kier alpha value is -1.28. The number of nitrogens with two attached hydrogens (primary N) is 1. The maximum atomic E-state index is 12.7. The van der Waals surface area contributed by atoms with Crippen LogP contribution < -0.4 is 5.73 Å². The van der Waals surface area contributed by atoms with E-state index in [2.05, 4.69) is 50.3 Å². The van der Waals surface area contributed by atoms with Crippen LogP contribution in [0.15, 0.2) is 36.5 Å². The molecule has 0 aliphatic heterocycles. The lowest BCUT2D eigenvalue weighted by atomic mass is 10.0. The van der Waals surface area contributed by atoms with Crippen molar-refractivity contribution in [1.29, 1.82) is 0 Å². The number of allylic oxidation sites excluding steroid dienone is 6. The highest BCUT2D eigenvalue weighted by Gasteiger charge is 2.25. The van der Waals surface area contributed by atoms with E-state index < -0.39 is 13.9 Å². The first-order valence-electron chi connectivity index (χ1n) is 26.0. The van der Waals surface area contributed by atoms with Crippen LogP contribution >= 0.6 is 7.82 Å². The number of rotatable bonds is 50. The molecule has 0 aliphatic carbocycles. The molecular formula is C52H100NO7P. The van der Waals surface area contributed by atoms with E-state index in [1.165, 1.54) is 180 Å². The number of unbranched alkanes of at least 4 members (excludes halogenated alkanes) is 31. The number of phosphoric ester groups is 1. The fourth-order valence-corrected chi connectivity index (χ4v) is 8.31. The summed E-state index contributed by atoms with van der Waals surface area (Å²) in [5.74, 6) is -0.328. The average molecular weight is 882 g/mol. The summed E-state index contributed by atoms with van der Waals surface area (Å²) in [6.45, 7) is 4.84. The Morgan fingerprint density at radius 2 is 0.918 bits per heavy atom. The van der Waals surface area contributed by atoms with E-state index in [0.717, 1.165) is 51.4 Å². The number of carbonyl (C=O) groups excluding carboxylic acids is 1. The molecule has 0 fully saturated rings. The largest absolute Gasteiger partial charge is 0.472 e. The Morgan fingerprint density at radius 1 is 0.508 bits per heavy atom. The number of ether oxygens (including phenoxy) is 2. The summed E-state index contributed by atoms with van der Waals surface area (Å²) in [5.41, 5.74) is 5.39. The molecule has 0 heterocycles. The van der Waals surface area contributed by atoms with Gasteiger partial charge in [0, 0.05) is 19.6 Å². The van der Waals surface area contributed by atoms with Crippen LogP contribution in [0.4, 0.5) is 0 Å². The minimum atomic E-state index is -4.28. The summed E-state index contributed by atoms with van der Waals surface area (Å²) in [5, 5.41) is 0. The molecule has 0 saturated heterocycles. The molecule has 0 aromatic rings. The molecule has 0 saturated carbocycles. The van der Waals surface area contributed by atoms with Crippen LogP contribution in [0, 0.1) is 0 Å². The zero-order valence-corrected chi connectivity index (χ0v) is 41.1. The first-order valence-corrected chi connectivity index (χ1v) is 27.5. The third-order valence-electron chi connectivity index (χ3n) is 11.3. The van der Waals surface area contributed by atoms with Gasteiger partial charge in [-0.2, -0.15) is 0 Å². The molecule has 0 aliphatic rings. The number of carbonyl (C=O) groups is 1. The summed E-state index contributed by atoms with van der Waals surface area (Å²) >= 11 is 0. The summed E-state index contributed by atoms with van der Waals surface area (Å²) in [4.78, 5) is 22.6. The topological polar surface area (TPSA) is 117 Å². The SMILES string of the molecule is CC/C=C\C/C=C\C/C=C\CCCCCCCCCCOCC(COP(=O)(O)OCCN)OC(=O)CCCCCCCCCCCCCCCCCCCCCCCCCC. The highest BCUT2D eigenvalue weighted by atomic mass is 31.2. The van der Waals surface area contributed by atoms with Crippen molar-refractivity contribution in [2.75, 3.05) is 33.0 Å². The zero-order valence-electron chi connectivity index (χ0n) is 40.2. The fraction of sp³-hybridized carbons (Fsp3) is 0.865. The van der Waals surface area contributed by atoms with Gasteiger partial charge in [-0.3, -0.25) is 13.8 Å². The van der Waals surface area contributed by atoms with Crippen molar-refractivity contribution in [3.8, 4) is 0 Å². The zero-order chi connectivity index (χ0) is 44.4. The van der Waals surface area contributed by atoms with E-state index in [1.807, 2.05) is 0 Å². The molecule has 2 unspecified atom stereocenters. The second-order valence-corrected chi connectivity index (χ2v) is 18.8. The van der Waals surface area contributed by atoms with Gasteiger partial charge in [-0.1, -0.05) is 237 Å². The van der Waals surface area contributed by atoms with Gasteiger partial charge in [-0.15, -0.1) is 0 Å². The highest BCUT2D eigenvalue weighted by Crippen LogP contribution is 2.43. The standard InChI is InChI=1S/C52H100NO7P/c1-3-5-7-9-11-13-15-17-19-21-23-24-25-26-27-28-29-31-33-35-37-39-41-43-45-52(54)60-51(50-59-61(55,56)58-48-46-53)49-57-47-44-42-40-38-36-34-32-30-22-20-18-16-14-12-10-8-6-4-2/h6,8,12,14,18,20,51H,3-5,7,9-11,13,15-17,19,21-50,53H2,1-2H3,(H,55,56)/b8-6-,14-12-,20-18-. The minimum absolute atomic E-state index is 0.0958. The molecule has 0 aromatic heterocycles. The van der Waals surface area contributed by atoms with Gasteiger partial charge < -0.3 is 20.1 Å². The minimum Gasteiger partial charge on any atom is -0.457 e. The lowest BCUT2D eigenvalue weighted by Crippen LogP contribution is -2.28. The normalized spacial score (nSPS) is 13.6. The van der Waals surface area contributed by atoms with Crippen LogP contribution in [0.25, 0.3) is 0 Å². The Morgan fingerprint density at radius 3 is 1.38 bits per heavy atom. The van der Waals surface area contributed by atoms with Gasteiger partial charge in [-0.25, -0.2) is 4.57 Å². The molecule has 360 valence electrons. The molecule has 8 nitrogen and oxygen atoms in total. The maximum absolute atomic E-state index is 12.7. The van der Waals surface area contributed by atoms with Crippen molar-refractivity contribution in [2.45, 2.75) is 258 Å². The lowest BCUT2D eigenvalue weighted by molar-refractivity contribution is -0.154. The second-order valence-electron chi connectivity index (χ2n) is 17.4. The first kappa shape index (κ1) is 59.7. The highest BCUT2D eigenvalue weighted by molar-refractivity contribution is 7.47. The van der Waals surface area contributed by atoms with E-state index in [-0.39, 0.29) is 32.3 Å². The van der Waals surface area contributed by atoms with Crippen molar-refractivity contribution in [3.63, 3.8) is 0 Å². The van der Waals surface area contributed by atoms with Gasteiger partial charge >= 0.3 is 13.8 Å². The van der Waals surface area contributed by atoms with Crippen LogP contribution in [0.2, 0.25) is 0 Å². The number of phosphoric acid groups is 1. The smallest absolute Gasteiger partial charge is 0.457 e. The molecular weight excluding hydrogens is 782 g/mol. The molecule has 0 bridgehead atoms. The molecule has 9 heteroatoms. The Balaban J connectivity index is 3.89. The molecule has 61 heavy (non-hydrogen) atoms. The molecule has 3 N–H and O–H groups in total. The average Bonchev–Trinajstić information content (AvgIpc) is 3.25. The van der Waals surface area contributed by atoms with Gasteiger partial charge in [0.1, 0.15) is 6.10 Å². The van der Waals surface area contributed by atoms with Crippen LogP contribution in [0.3, 0.4) is 0 Å². The van der Waals surface area contributed by atoms with Crippen molar-refractivity contribution in [1.82, 2.24) is 0 Å². The molecule has 0 amide bonds. The van der Waals surface area contributed by atoms with Crippen molar-refractivity contribution >= 4 is 13.8 Å². The van der Waals surface area contributed by atoms with E-state index in [1.54, 1.807) is 0 Å². The van der Waals surface area contributed by atoms with Crippen LogP contribution in [0.5, 0.6) is 0 Å². The van der Waals surface area contributed by atoms with Gasteiger partial charge in [0.05, 0.1) is 19.8 Å². The van der Waals surface area contributed by atoms with E-state index >= 15 is 0 Å². The predicted molar refractivity (Wildman–Crippen MR) is 261 cm³/mol. The second kappa shape index (κ2) is 49.7. The predicted octanol–water partition coefficient (Wildman–Crippen LogP) is 16.1. The lowest BCUT2D eigenvalue weighted by Gasteiger charge is -2.20. The van der Waals surface area contributed by atoms with E-state index in [4.69, 9.17) is 24.3 Å². The number of hydrogen-bond acceptors (Lipinski definition) is 7. The monoisotopic (exact) mass is 882 g/mol. The van der Waals surface area contributed by atoms with Crippen molar-refractivity contribution in [2.24, 2.45) is 5.73 Å². The number of hydrogen-bond donors (Lipinski definition) is 2. The number of esters is 1. The molecule has 0 aromatic carbocycles. The van der Waals surface area contributed by atoms with Gasteiger partial charge in [-0.05, 0) is 44.9 Å². The fourth-order valence-electron chi connectivity index (χ4n) is 7.54. The van der Waals surface area contributed by atoms with Crippen LogP contribution in [0.1, 0.15) is 251 Å². The Labute approximate surface area is 378 Å². The van der Waals surface area contributed by atoms with Gasteiger partial charge in [0.2, 0.25) is 0 Å². The summed E-state index contributed by atoms with van der Waals surface area (Å²) in [7, 11) is -4.28. The van der Waals surface area contributed by atoms with Crippen LogP contribution in [-0.4, -0.2) is 49.9 Å². The van der Waals surface area contributed by atoms with Gasteiger partial charge in [0.25, 0.3) is 0 Å². The summed E-state index contributed by atoms with van der Waals surface area (Å²) in [6.07, 6.45) is 59.0. The Kier molecular flexibility index (Phi) is 48.7. The quantitative estimate of drug-likeness (QED) is 0.0268. The molecule has 0 rings (SSSR count).